The van der Waals surface area contributed by atoms with Gasteiger partial charge in [0, 0.05) is 17.8 Å². The van der Waals surface area contributed by atoms with Crippen molar-refractivity contribution in [2.24, 2.45) is 0 Å². The molecule has 0 saturated heterocycles. The number of nitrogens with zero attached hydrogens (tertiary/aromatic N) is 2. The topological polar surface area (TPSA) is 50.3 Å². The van der Waals surface area contributed by atoms with Crippen molar-refractivity contribution in [2.45, 2.75) is 6.92 Å². The average molecular weight is 188 g/mol. The highest BCUT2D eigenvalue weighted by molar-refractivity contribution is 6.29. The fraction of sp³-hybridized carbons (Fsp3) is 0.100. The van der Waals surface area contributed by atoms with E-state index in [2.05, 4.69) is 4.98 Å². The van der Waals surface area contributed by atoms with Gasteiger partial charge in [-0.3, -0.25) is 9.59 Å². The van der Waals surface area contributed by atoms with Crippen molar-refractivity contribution in [2.75, 3.05) is 4.90 Å². The Hall–Kier alpha value is -1.97. The second kappa shape index (κ2) is 3.06. The molecule has 4 nitrogen and oxygen atoms in total. The number of hydrogen-bond donors (Lipinski definition) is 0. The molecule has 0 aliphatic carbocycles. The van der Waals surface area contributed by atoms with Gasteiger partial charge in [-0.2, -0.15) is 0 Å². The lowest BCUT2D eigenvalue weighted by atomic mass is 10.3. The van der Waals surface area contributed by atoms with Gasteiger partial charge in [-0.15, -0.1) is 0 Å². The molecule has 2 amide bonds. The molecule has 0 bridgehead atoms. The number of rotatable bonds is 1. The summed E-state index contributed by atoms with van der Waals surface area (Å²) in [5.41, 5.74) is 0.445. The number of aromatic nitrogens is 1. The fourth-order valence-electron chi connectivity index (χ4n) is 1.29. The minimum absolute atomic E-state index is 0.297. The van der Waals surface area contributed by atoms with Gasteiger partial charge in [-0.1, -0.05) is 6.07 Å². The van der Waals surface area contributed by atoms with Crippen molar-refractivity contribution in [3.63, 3.8) is 0 Å². The second-order valence-corrected chi connectivity index (χ2v) is 2.99. The minimum Gasteiger partial charge on any atom is -0.269 e. The van der Waals surface area contributed by atoms with Gasteiger partial charge in [0.05, 0.1) is 0 Å². The van der Waals surface area contributed by atoms with E-state index in [0.717, 1.165) is 4.90 Å². The minimum atomic E-state index is -0.328. The standard InChI is InChI=1S/C10H8N2O2/c1-7-6-9(13)12(10(7)14)8-4-2-3-5-11-8/h2-6H,1H3. The van der Waals surface area contributed by atoms with Gasteiger partial charge in [0.15, 0.2) is 0 Å². The Morgan fingerprint density at radius 3 is 2.57 bits per heavy atom. The van der Waals surface area contributed by atoms with E-state index in [4.69, 9.17) is 0 Å². The van der Waals surface area contributed by atoms with E-state index in [1.54, 1.807) is 31.3 Å². The van der Waals surface area contributed by atoms with Crippen LogP contribution in [-0.2, 0) is 9.59 Å². The Morgan fingerprint density at radius 2 is 2.07 bits per heavy atom. The third kappa shape index (κ3) is 1.21. The summed E-state index contributed by atoms with van der Waals surface area (Å²) in [6.07, 6.45) is 2.86. The van der Waals surface area contributed by atoms with Crippen molar-refractivity contribution in [1.29, 1.82) is 0 Å². The molecule has 1 aliphatic heterocycles. The molecule has 0 saturated carbocycles. The van der Waals surface area contributed by atoms with Crippen LogP contribution in [0.3, 0.4) is 0 Å². The van der Waals surface area contributed by atoms with Gasteiger partial charge >= 0.3 is 0 Å². The van der Waals surface area contributed by atoms with Gasteiger partial charge in [-0.05, 0) is 19.1 Å². The highest BCUT2D eigenvalue weighted by Gasteiger charge is 2.30. The SMILES string of the molecule is CC1=CC(=O)N(c2ccccn2)C1=O. The summed E-state index contributed by atoms with van der Waals surface area (Å²) in [7, 11) is 0. The molecule has 0 unspecified atom stereocenters. The lowest BCUT2D eigenvalue weighted by molar-refractivity contribution is -0.120. The molecule has 0 spiro atoms. The highest BCUT2D eigenvalue weighted by Crippen LogP contribution is 2.18. The van der Waals surface area contributed by atoms with Crippen LogP contribution in [0.25, 0.3) is 0 Å². The Labute approximate surface area is 80.9 Å². The van der Waals surface area contributed by atoms with Crippen LogP contribution in [-0.4, -0.2) is 16.8 Å². The van der Waals surface area contributed by atoms with Crippen molar-refractivity contribution in [1.82, 2.24) is 4.98 Å². The van der Waals surface area contributed by atoms with Crippen LogP contribution in [0.4, 0.5) is 5.82 Å². The van der Waals surface area contributed by atoms with Crippen molar-refractivity contribution < 1.29 is 9.59 Å². The van der Waals surface area contributed by atoms with Crippen molar-refractivity contribution in [3.05, 3.63) is 36.0 Å². The Kier molecular flexibility index (Phi) is 1.89. The summed E-state index contributed by atoms with van der Waals surface area (Å²) in [5.74, 6) is -0.254. The van der Waals surface area contributed by atoms with Gasteiger partial charge in [-0.25, -0.2) is 9.88 Å². The normalized spacial score (nSPS) is 16.1. The molecule has 2 rings (SSSR count). The van der Waals surface area contributed by atoms with Crippen LogP contribution < -0.4 is 4.90 Å². The average Bonchev–Trinajstić information content (AvgIpc) is 2.43. The van der Waals surface area contributed by atoms with Crippen molar-refractivity contribution in [3.8, 4) is 0 Å². The summed E-state index contributed by atoms with van der Waals surface area (Å²) in [5, 5.41) is 0. The molecular formula is C10H8N2O2. The molecule has 1 aromatic heterocycles. The first-order valence-corrected chi connectivity index (χ1v) is 4.18. The second-order valence-electron chi connectivity index (χ2n) is 2.99. The molecule has 0 N–H and O–H groups in total. The van der Waals surface area contributed by atoms with Crippen LogP contribution in [0.5, 0.6) is 0 Å². The largest absolute Gasteiger partial charge is 0.269 e. The van der Waals surface area contributed by atoms with E-state index >= 15 is 0 Å². The Bertz CT molecular complexity index is 423. The third-order valence-electron chi connectivity index (χ3n) is 1.98. The molecule has 0 aromatic carbocycles. The zero-order chi connectivity index (χ0) is 10.1. The van der Waals surface area contributed by atoms with E-state index in [9.17, 15) is 9.59 Å². The Morgan fingerprint density at radius 1 is 1.29 bits per heavy atom. The van der Waals surface area contributed by atoms with Crippen LogP contribution in [0.15, 0.2) is 36.0 Å². The third-order valence-corrected chi connectivity index (χ3v) is 1.98. The molecule has 1 aliphatic rings. The van der Waals surface area contributed by atoms with Crippen LogP contribution >= 0.6 is 0 Å². The van der Waals surface area contributed by atoms with E-state index in [0.29, 0.717) is 11.4 Å². The number of pyridine rings is 1. The predicted octanol–water partition coefficient (Wildman–Crippen LogP) is 0.901. The van der Waals surface area contributed by atoms with Gasteiger partial charge < -0.3 is 0 Å². The van der Waals surface area contributed by atoms with Gasteiger partial charge in [0.25, 0.3) is 11.8 Å². The predicted molar refractivity (Wildman–Crippen MR) is 50.5 cm³/mol. The molecular weight excluding hydrogens is 180 g/mol. The molecule has 0 radical (unpaired) electrons. The van der Waals surface area contributed by atoms with E-state index in [-0.39, 0.29) is 11.8 Å². The van der Waals surface area contributed by atoms with E-state index < -0.39 is 0 Å². The zero-order valence-corrected chi connectivity index (χ0v) is 7.60. The quantitative estimate of drug-likeness (QED) is 0.615. The number of hydrogen-bond acceptors (Lipinski definition) is 3. The summed E-state index contributed by atoms with van der Waals surface area (Å²) in [6.45, 7) is 1.61. The first-order chi connectivity index (χ1) is 6.70. The first kappa shape index (κ1) is 8.62. The summed E-state index contributed by atoms with van der Waals surface area (Å²) in [6, 6.07) is 5.09. The maximum absolute atomic E-state index is 11.5. The van der Waals surface area contributed by atoms with Crippen molar-refractivity contribution >= 4 is 17.6 Å². The fourth-order valence-corrected chi connectivity index (χ4v) is 1.29. The molecule has 70 valence electrons. The summed E-state index contributed by atoms with van der Waals surface area (Å²) < 4.78 is 0. The monoisotopic (exact) mass is 188 g/mol. The van der Waals surface area contributed by atoms with Crippen LogP contribution in [0, 0.1) is 0 Å². The molecule has 4 heteroatoms. The van der Waals surface area contributed by atoms with E-state index in [1.807, 2.05) is 0 Å². The number of carbonyl (C=O) groups excluding carboxylic acids is 2. The van der Waals surface area contributed by atoms with Gasteiger partial charge in [0.1, 0.15) is 5.82 Å². The maximum Gasteiger partial charge on any atom is 0.262 e. The zero-order valence-electron chi connectivity index (χ0n) is 7.60. The van der Waals surface area contributed by atoms with Crippen LogP contribution in [0.1, 0.15) is 6.92 Å². The highest BCUT2D eigenvalue weighted by atomic mass is 16.2. The smallest absolute Gasteiger partial charge is 0.262 e. The summed E-state index contributed by atoms with van der Waals surface area (Å²) in [4.78, 5) is 27.9. The molecule has 2 heterocycles. The number of anilines is 1. The molecule has 0 atom stereocenters. The van der Waals surface area contributed by atoms with E-state index in [1.165, 1.54) is 6.08 Å². The molecule has 0 fully saturated rings. The maximum atomic E-state index is 11.5. The first-order valence-electron chi connectivity index (χ1n) is 4.18. The van der Waals surface area contributed by atoms with Gasteiger partial charge in [0.2, 0.25) is 0 Å². The number of imide groups is 1. The number of carbonyl (C=O) groups is 2. The lowest BCUT2D eigenvalue weighted by Gasteiger charge is -2.12. The summed E-state index contributed by atoms with van der Waals surface area (Å²) >= 11 is 0. The lowest BCUT2D eigenvalue weighted by Crippen LogP contribution is -2.31. The Balaban J connectivity index is 2.39. The number of amides is 2. The molecule has 14 heavy (non-hydrogen) atoms. The molecule has 1 aromatic rings. The van der Waals surface area contributed by atoms with Crippen LogP contribution in [0.2, 0.25) is 0 Å².